The summed E-state index contributed by atoms with van der Waals surface area (Å²) < 4.78 is 10.6. The van der Waals surface area contributed by atoms with Gasteiger partial charge in [0.15, 0.2) is 16.6 Å². The Labute approximate surface area is 144 Å². The second-order valence-corrected chi connectivity index (χ2v) is 7.03. The molecule has 126 valence electrons. The van der Waals surface area contributed by atoms with Gasteiger partial charge in [-0.2, -0.15) is 0 Å². The van der Waals surface area contributed by atoms with Crippen molar-refractivity contribution in [1.29, 1.82) is 0 Å². The number of hydrogen-bond acceptors (Lipinski definition) is 5. The number of nitrogens with one attached hydrogen (secondary N) is 2. The van der Waals surface area contributed by atoms with Crippen LogP contribution in [0.5, 0.6) is 11.5 Å². The minimum Gasteiger partial charge on any atom is -0.454 e. The molecule has 1 aromatic carbocycles. The molecule has 0 atom stereocenters. The highest BCUT2D eigenvalue weighted by Crippen LogP contribution is 2.32. The third kappa shape index (κ3) is 3.31. The molecule has 0 saturated carbocycles. The molecule has 2 aromatic rings. The first kappa shape index (κ1) is 15.3. The molecule has 6 nitrogen and oxygen atoms in total. The standard InChI is InChI=1S/C17H19N3O3S/c21-16(18-9-11-6-7-13-14(8-11)23-10-22-13)20-17-19-12-4-2-1-3-5-15(12)24-17/h6-8H,1-5,9-10H2,(H2,18,19,20,21). The summed E-state index contributed by atoms with van der Waals surface area (Å²) in [5, 5.41) is 6.38. The molecule has 0 radical (unpaired) electrons. The lowest BCUT2D eigenvalue weighted by Crippen LogP contribution is -2.28. The van der Waals surface area contributed by atoms with Crippen LogP contribution in [0.1, 0.15) is 35.4 Å². The highest BCUT2D eigenvalue weighted by atomic mass is 32.1. The van der Waals surface area contributed by atoms with E-state index in [9.17, 15) is 4.79 Å². The van der Waals surface area contributed by atoms with Crippen LogP contribution in [0, 0.1) is 0 Å². The first-order valence-electron chi connectivity index (χ1n) is 8.20. The Bertz CT molecular complexity index is 736. The normalized spacial score (nSPS) is 15.5. The Morgan fingerprint density at radius 2 is 2.04 bits per heavy atom. The quantitative estimate of drug-likeness (QED) is 0.836. The summed E-state index contributed by atoms with van der Waals surface area (Å²) in [5.41, 5.74) is 2.12. The number of thiazole rings is 1. The molecule has 2 N–H and O–H groups in total. The van der Waals surface area contributed by atoms with Crippen molar-refractivity contribution in [2.24, 2.45) is 0 Å². The number of nitrogens with zero attached hydrogens (tertiary/aromatic N) is 1. The molecule has 0 spiro atoms. The van der Waals surface area contributed by atoms with Gasteiger partial charge in [-0.25, -0.2) is 9.78 Å². The van der Waals surface area contributed by atoms with Crippen molar-refractivity contribution < 1.29 is 14.3 Å². The maximum Gasteiger partial charge on any atom is 0.321 e. The monoisotopic (exact) mass is 345 g/mol. The lowest BCUT2D eigenvalue weighted by molar-refractivity contribution is 0.174. The summed E-state index contributed by atoms with van der Waals surface area (Å²) in [6.07, 6.45) is 5.76. The zero-order valence-electron chi connectivity index (χ0n) is 13.3. The number of rotatable bonds is 3. The van der Waals surface area contributed by atoms with Crippen LogP contribution in [0.15, 0.2) is 18.2 Å². The van der Waals surface area contributed by atoms with Crippen molar-refractivity contribution in [2.45, 2.75) is 38.6 Å². The third-order valence-corrected chi connectivity index (χ3v) is 5.28. The Morgan fingerprint density at radius 3 is 3.00 bits per heavy atom. The van der Waals surface area contributed by atoms with Crippen LogP contribution in [-0.2, 0) is 19.4 Å². The van der Waals surface area contributed by atoms with E-state index >= 15 is 0 Å². The maximum atomic E-state index is 12.1. The number of carbonyl (C=O) groups is 1. The van der Waals surface area contributed by atoms with Gasteiger partial charge in [-0.1, -0.05) is 12.5 Å². The zero-order valence-corrected chi connectivity index (χ0v) is 14.1. The fourth-order valence-corrected chi connectivity index (χ4v) is 4.00. The molecular weight excluding hydrogens is 326 g/mol. The average Bonchev–Trinajstić information content (AvgIpc) is 3.14. The molecule has 1 aliphatic carbocycles. The summed E-state index contributed by atoms with van der Waals surface area (Å²) in [7, 11) is 0. The molecule has 2 heterocycles. The van der Waals surface area contributed by atoms with Gasteiger partial charge in [0, 0.05) is 11.4 Å². The summed E-state index contributed by atoms with van der Waals surface area (Å²) >= 11 is 1.60. The first-order chi connectivity index (χ1) is 11.8. The van der Waals surface area contributed by atoms with E-state index in [0.717, 1.165) is 35.6 Å². The van der Waals surface area contributed by atoms with Crippen LogP contribution in [0.3, 0.4) is 0 Å². The number of carbonyl (C=O) groups excluding carboxylic acids is 1. The minimum absolute atomic E-state index is 0.239. The van der Waals surface area contributed by atoms with E-state index in [4.69, 9.17) is 9.47 Å². The highest BCUT2D eigenvalue weighted by molar-refractivity contribution is 7.15. The van der Waals surface area contributed by atoms with Gasteiger partial charge < -0.3 is 14.8 Å². The molecule has 4 rings (SSSR count). The van der Waals surface area contributed by atoms with Gasteiger partial charge in [0.25, 0.3) is 0 Å². The van der Waals surface area contributed by atoms with E-state index in [1.807, 2.05) is 18.2 Å². The lowest BCUT2D eigenvalue weighted by atomic mass is 10.2. The molecule has 24 heavy (non-hydrogen) atoms. The molecule has 1 aromatic heterocycles. The van der Waals surface area contributed by atoms with Crippen LogP contribution < -0.4 is 20.1 Å². The molecule has 0 unspecified atom stereocenters. The van der Waals surface area contributed by atoms with E-state index < -0.39 is 0 Å². The summed E-state index contributed by atoms with van der Waals surface area (Å²) in [6, 6.07) is 5.42. The van der Waals surface area contributed by atoms with E-state index in [1.54, 1.807) is 11.3 Å². The SMILES string of the molecule is O=C(NCc1ccc2c(c1)OCO2)Nc1nc2c(s1)CCCCC2. The Hall–Kier alpha value is -2.28. The number of anilines is 1. The fraction of sp³-hybridized carbons (Fsp3) is 0.412. The molecule has 1 aliphatic heterocycles. The number of urea groups is 1. The third-order valence-electron chi connectivity index (χ3n) is 4.21. The van der Waals surface area contributed by atoms with Crippen molar-refractivity contribution in [1.82, 2.24) is 10.3 Å². The molecule has 0 fully saturated rings. The van der Waals surface area contributed by atoms with Gasteiger partial charge in [-0.05, 0) is 43.4 Å². The molecule has 2 aliphatic rings. The first-order valence-corrected chi connectivity index (χ1v) is 9.01. The largest absolute Gasteiger partial charge is 0.454 e. The highest BCUT2D eigenvalue weighted by Gasteiger charge is 2.16. The van der Waals surface area contributed by atoms with Crippen molar-refractivity contribution in [3.63, 3.8) is 0 Å². The number of aromatic nitrogens is 1. The summed E-state index contributed by atoms with van der Waals surface area (Å²) in [6.45, 7) is 0.676. The minimum atomic E-state index is -0.239. The van der Waals surface area contributed by atoms with Gasteiger partial charge in [0.05, 0.1) is 5.69 Å². The second-order valence-electron chi connectivity index (χ2n) is 5.94. The number of benzene rings is 1. The van der Waals surface area contributed by atoms with Gasteiger partial charge in [-0.15, -0.1) is 11.3 Å². The van der Waals surface area contributed by atoms with Crippen LogP contribution in [0.4, 0.5) is 9.93 Å². The van der Waals surface area contributed by atoms with Crippen LogP contribution in [0.2, 0.25) is 0 Å². The number of amides is 2. The van der Waals surface area contributed by atoms with E-state index in [1.165, 1.54) is 24.1 Å². The van der Waals surface area contributed by atoms with Crippen molar-refractivity contribution >= 4 is 22.5 Å². The fourth-order valence-electron chi connectivity index (χ4n) is 2.96. The number of hydrogen-bond donors (Lipinski definition) is 2. The van der Waals surface area contributed by atoms with E-state index in [0.29, 0.717) is 11.7 Å². The van der Waals surface area contributed by atoms with Crippen molar-refractivity contribution in [3.8, 4) is 11.5 Å². The second kappa shape index (κ2) is 6.68. The molecule has 2 amide bonds. The van der Waals surface area contributed by atoms with E-state index in [-0.39, 0.29) is 12.8 Å². The summed E-state index contributed by atoms with van der Waals surface area (Å²) in [4.78, 5) is 18.0. The summed E-state index contributed by atoms with van der Waals surface area (Å²) in [5.74, 6) is 1.46. The maximum absolute atomic E-state index is 12.1. The molecular formula is C17H19N3O3S. The molecule has 7 heteroatoms. The van der Waals surface area contributed by atoms with Crippen LogP contribution >= 0.6 is 11.3 Å². The topological polar surface area (TPSA) is 72.5 Å². The Kier molecular flexibility index (Phi) is 4.25. The van der Waals surface area contributed by atoms with Crippen molar-refractivity contribution in [2.75, 3.05) is 12.1 Å². The predicted molar refractivity (Wildman–Crippen MR) is 91.8 cm³/mol. The Balaban J connectivity index is 1.33. The molecule has 0 saturated heterocycles. The molecule has 0 bridgehead atoms. The zero-order chi connectivity index (χ0) is 16.4. The number of fused-ring (bicyclic) bond motifs is 2. The van der Waals surface area contributed by atoms with Gasteiger partial charge in [-0.3, -0.25) is 5.32 Å². The van der Waals surface area contributed by atoms with Crippen LogP contribution in [-0.4, -0.2) is 17.8 Å². The number of ether oxygens (including phenoxy) is 2. The average molecular weight is 345 g/mol. The van der Waals surface area contributed by atoms with Crippen molar-refractivity contribution in [3.05, 3.63) is 34.3 Å². The van der Waals surface area contributed by atoms with Gasteiger partial charge >= 0.3 is 6.03 Å². The lowest BCUT2D eigenvalue weighted by Gasteiger charge is -2.06. The van der Waals surface area contributed by atoms with E-state index in [2.05, 4.69) is 15.6 Å². The van der Waals surface area contributed by atoms with Gasteiger partial charge in [0.1, 0.15) is 0 Å². The number of aryl methyl sites for hydroxylation is 2. The van der Waals surface area contributed by atoms with Crippen LogP contribution in [0.25, 0.3) is 0 Å². The smallest absolute Gasteiger partial charge is 0.321 e. The van der Waals surface area contributed by atoms with Gasteiger partial charge in [0.2, 0.25) is 6.79 Å². The Morgan fingerprint density at radius 1 is 1.17 bits per heavy atom. The predicted octanol–water partition coefficient (Wildman–Crippen LogP) is 3.46.